The number of Topliss-reactive ketones (excluding diaryl/α,β-unsaturated/α-hetero) is 1. The fourth-order valence-electron chi connectivity index (χ4n) is 3.39. The molecule has 0 unspecified atom stereocenters. The van der Waals surface area contributed by atoms with Gasteiger partial charge in [-0.2, -0.15) is 4.57 Å². The number of ketones is 1. The molecule has 5 heteroatoms. The Kier molecular flexibility index (Phi) is 5.95. The number of aromatic nitrogens is 1. The molecular weight excluding hydrogens is 418 g/mol. The summed E-state index contributed by atoms with van der Waals surface area (Å²) in [6, 6.07) is 21.7. The van der Waals surface area contributed by atoms with Crippen molar-refractivity contribution in [3.8, 4) is 11.5 Å². The van der Waals surface area contributed by atoms with Crippen molar-refractivity contribution in [2.24, 2.45) is 0 Å². The van der Waals surface area contributed by atoms with Gasteiger partial charge in [0.1, 0.15) is 11.5 Å². The predicted molar refractivity (Wildman–Crippen MR) is 106 cm³/mol. The van der Waals surface area contributed by atoms with Crippen LogP contribution >= 0.6 is 0 Å². The van der Waals surface area contributed by atoms with Gasteiger partial charge in [-0.3, -0.25) is 4.79 Å². The standard InChI is InChI=1S/C23H20NO3.BrH/c1-26-18-12-17(13-19(14-18)27-2)23(25)15-24-11-5-8-21-20-7-4-3-6-16(20)9-10-22(21)24;/h3-14H,15H2,1-2H3;1H/q+1;/p-1. The van der Waals surface area contributed by atoms with Crippen molar-refractivity contribution in [1.29, 1.82) is 0 Å². The Morgan fingerprint density at radius 2 is 1.54 bits per heavy atom. The average molecular weight is 438 g/mol. The van der Waals surface area contributed by atoms with Crippen LogP contribution in [0.4, 0.5) is 0 Å². The summed E-state index contributed by atoms with van der Waals surface area (Å²) < 4.78 is 12.5. The van der Waals surface area contributed by atoms with E-state index in [1.807, 2.05) is 29.0 Å². The molecule has 4 rings (SSSR count). The van der Waals surface area contributed by atoms with E-state index in [9.17, 15) is 4.79 Å². The highest BCUT2D eigenvalue weighted by Crippen LogP contribution is 2.24. The largest absolute Gasteiger partial charge is 1.00 e. The highest BCUT2D eigenvalue weighted by atomic mass is 79.9. The molecule has 1 heterocycles. The minimum atomic E-state index is -0.00198. The lowest BCUT2D eigenvalue weighted by Crippen LogP contribution is -3.00. The Morgan fingerprint density at radius 1 is 0.857 bits per heavy atom. The van der Waals surface area contributed by atoms with E-state index in [1.165, 1.54) is 10.8 Å². The summed E-state index contributed by atoms with van der Waals surface area (Å²) in [6.45, 7) is 0.242. The first-order valence-electron chi connectivity index (χ1n) is 8.76. The van der Waals surface area contributed by atoms with Crippen LogP contribution in [0.3, 0.4) is 0 Å². The van der Waals surface area contributed by atoms with Crippen molar-refractivity contribution in [2.75, 3.05) is 14.2 Å². The summed E-state index contributed by atoms with van der Waals surface area (Å²) in [4.78, 5) is 12.9. The van der Waals surface area contributed by atoms with E-state index in [0.29, 0.717) is 17.1 Å². The number of carbonyl (C=O) groups is 1. The van der Waals surface area contributed by atoms with Crippen LogP contribution in [-0.4, -0.2) is 20.0 Å². The third kappa shape index (κ3) is 3.71. The quantitative estimate of drug-likeness (QED) is 0.267. The molecule has 0 aliphatic heterocycles. The van der Waals surface area contributed by atoms with Crippen molar-refractivity contribution in [1.82, 2.24) is 0 Å². The smallest absolute Gasteiger partial charge is 0.227 e. The second-order valence-corrected chi connectivity index (χ2v) is 6.38. The number of hydrogen-bond donors (Lipinski definition) is 0. The lowest BCUT2D eigenvalue weighted by Gasteiger charge is -2.08. The van der Waals surface area contributed by atoms with Crippen molar-refractivity contribution < 1.29 is 35.8 Å². The number of ether oxygens (including phenoxy) is 2. The molecule has 0 aliphatic rings. The normalized spacial score (nSPS) is 10.5. The summed E-state index contributed by atoms with van der Waals surface area (Å²) in [5.41, 5.74) is 1.59. The Labute approximate surface area is 174 Å². The first-order valence-corrected chi connectivity index (χ1v) is 8.76. The highest BCUT2D eigenvalue weighted by molar-refractivity contribution is 6.05. The number of carbonyl (C=O) groups excluding carboxylic acids is 1. The maximum Gasteiger partial charge on any atom is 0.227 e. The van der Waals surface area contributed by atoms with Crippen LogP contribution in [-0.2, 0) is 6.54 Å². The third-order valence-electron chi connectivity index (χ3n) is 4.77. The van der Waals surface area contributed by atoms with E-state index >= 15 is 0 Å². The van der Waals surface area contributed by atoms with Gasteiger partial charge in [0.2, 0.25) is 17.8 Å². The van der Waals surface area contributed by atoms with Crippen LogP contribution in [0.2, 0.25) is 0 Å². The van der Waals surface area contributed by atoms with Gasteiger partial charge in [0.05, 0.1) is 19.6 Å². The van der Waals surface area contributed by atoms with Gasteiger partial charge in [-0.1, -0.05) is 24.3 Å². The van der Waals surface area contributed by atoms with Crippen molar-refractivity contribution in [3.63, 3.8) is 0 Å². The molecule has 0 saturated carbocycles. The van der Waals surface area contributed by atoms with Gasteiger partial charge in [-0.25, -0.2) is 0 Å². The van der Waals surface area contributed by atoms with E-state index in [2.05, 4.69) is 30.3 Å². The van der Waals surface area contributed by atoms with Crippen LogP contribution in [0.15, 0.2) is 72.9 Å². The molecule has 0 fully saturated rings. The SMILES string of the molecule is COc1cc(OC)cc(C(=O)C[n+]2cccc3c4ccccc4ccc32)c1.[Br-]. The van der Waals surface area contributed by atoms with E-state index in [1.54, 1.807) is 32.4 Å². The molecular formula is C23H20BrNO3. The van der Waals surface area contributed by atoms with E-state index in [0.717, 1.165) is 10.9 Å². The number of nitrogens with zero attached hydrogens (tertiary/aromatic N) is 1. The summed E-state index contributed by atoms with van der Waals surface area (Å²) in [7, 11) is 3.15. The van der Waals surface area contributed by atoms with Crippen LogP contribution in [0.25, 0.3) is 21.7 Å². The number of halogens is 1. The highest BCUT2D eigenvalue weighted by Gasteiger charge is 2.18. The maximum absolute atomic E-state index is 12.9. The molecule has 1 aromatic heterocycles. The number of pyridine rings is 1. The minimum Gasteiger partial charge on any atom is -1.00 e. The van der Waals surface area contributed by atoms with Crippen molar-refractivity contribution in [3.05, 3.63) is 78.5 Å². The zero-order valence-corrected chi connectivity index (χ0v) is 17.3. The minimum absolute atomic E-state index is 0. The Bertz CT molecular complexity index is 1130. The molecule has 4 nitrogen and oxygen atoms in total. The molecule has 0 spiro atoms. The van der Waals surface area contributed by atoms with Crippen LogP contribution in [0.1, 0.15) is 10.4 Å². The fourth-order valence-corrected chi connectivity index (χ4v) is 3.39. The molecule has 0 radical (unpaired) electrons. The number of benzene rings is 3. The van der Waals surface area contributed by atoms with Crippen molar-refractivity contribution >= 4 is 27.5 Å². The number of rotatable bonds is 5. The summed E-state index contributed by atoms with van der Waals surface area (Å²) >= 11 is 0. The Balaban J connectivity index is 0.00000225. The molecule has 0 atom stereocenters. The van der Waals surface area contributed by atoms with Crippen LogP contribution < -0.4 is 31.0 Å². The summed E-state index contributed by atoms with van der Waals surface area (Å²) in [5.74, 6) is 1.20. The van der Waals surface area contributed by atoms with Crippen molar-refractivity contribution in [2.45, 2.75) is 6.54 Å². The van der Waals surface area contributed by atoms with Gasteiger partial charge in [0.25, 0.3) is 0 Å². The number of fused-ring (bicyclic) bond motifs is 3. The maximum atomic E-state index is 12.9. The molecule has 0 amide bonds. The third-order valence-corrected chi connectivity index (χ3v) is 4.77. The number of hydrogen-bond acceptors (Lipinski definition) is 3. The lowest BCUT2D eigenvalue weighted by atomic mass is 10.0. The van der Waals surface area contributed by atoms with E-state index in [-0.39, 0.29) is 29.3 Å². The van der Waals surface area contributed by atoms with Gasteiger partial charge in [0.15, 0.2) is 6.20 Å². The molecule has 3 aromatic carbocycles. The molecule has 0 aliphatic carbocycles. The zero-order chi connectivity index (χ0) is 18.8. The van der Waals surface area contributed by atoms with Gasteiger partial charge >= 0.3 is 0 Å². The van der Waals surface area contributed by atoms with Gasteiger partial charge in [0, 0.05) is 23.8 Å². The monoisotopic (exact) mass is 437 g/mol. The van der Waals surface area contributed by atoms with E-state index in [4.69, 9.17) is 9.47 Å². The second kappa shape index (κ2) is 8.40. The molecule has 142 valence electrons. The fraction of sp³-hybridized carbons (Fsp3) is 0.130. The number of methoxy groups -OCH3 is 2. The molecule has 0 N–H and O–H groups in total. The molecule has 4 aromatic rings. The zero-order valence-electron chi connectivity index (χ0n) is 15.7. The molecule has 0 saturated heterocycles. The molecule has 28 heavy (non-hydrogen) atoms. The molecule has 0 bridgehead atoms. The summed E-state index contributed by atoms with van der Waals surface area (Å²) in [6.07, 6.45) is 1.94. The summed E-state index contributed by atoms with van der Waals surface area (Å²) in [5, 5.41) is 3.50. The lowest BCUT2D eigenvalue weighted by molar-refractivity contribution is -0.657. The topological polar surface area (TPSA) is 39.4 Å². The Morgan fingerprint density at radius 3 is 2.25 bits per heavy atom. The van der Waals surface area contributed by atoms with Crippen LogP contribution in [0.5, 0.6) is 11.5 Å². The average Bonchev–Trinajstić information content (AvgIpc) is 2.73. The van der Waals surface area contributed by atoms with Gasteiger partial charge in [-0.15, -0.1) is 0 Å². The Hall–Kier alpha value is -2.92. The van der Waals surface area contributed by atoms with Gasteiger partial charge < -0.3 is 26.5 Å². The predicted octanol–water partition coefficient (Wildman–Crippen LogP) is 1.18. The first-order chi connectivity index (χ1) is 13.2. The van der Waals surface area contributed by atoms with Crippen LogP contribution in [0, 0.1) is 0 Å². The van der Waals surface area contributed by atoms with Gasteiger partial charge in [-0.05, 0) is 35.0 Å². The second-order valence-electron chi connectivity index (χ2n) is 6.38. The first kappa shape index (κ1) is 19.8. The van der Waals surface area contributed by atoms with E-state index < -0.39 is 0 Å².